The molecule has 2 atom stereocenters. The Balaban J connectivity index is 1.47. The van der Waals surface area contributed by atoms with Crippen molar-refractivity contribution in [3.8, 4) is 11.5 Å². The second kappa shape index (κ2) is 13.6. The van der Waals surface area contributed by atoms with Crippen molar-refractivity contribution in [1.29, 1.82) is 0 Å². The van der Waals surface area contributed by atoms with Crippen LogP contribution in [0.25, 0.3) is 15.7 Å². The molecule has 0 saturated heterocycles. The van der Waals surface area contributed by atoms with E-state index in [1.165, 1.54) is 24.3 Å². The number of carboxylic acids is 1. The molecule has 0 amide bonds. The lowest BCUT2D eigenvalue weighted by Crippen LogP contribution is -2.27. The lowest BCUT2D eigenvalue weighted by molar-refractivity contribution is -0.572. The number of H-pyrrole nitrogens is 1. The van der Waals surface area contributed by atoms with Gasteiger partial charge in [0.25, 0.3) is 6.21 Å². The summed E-state index contributed by atoms with van der Waals surface area (Å²) >= 11 is 0. The van der Waals surface area contributed by atoms with Crippen molar-refractivity contribution in [2.45, 2.75) is 64.5 Å². The fourth-order valence-corrected chi connectivity index (χ4v) is 8.80. The number of aromatic nitrogens is 1. The van der Waals surface area contributed by atoms with E-state index in [2.05, 4.69) is 9.83 Å². The molecule has 2 aliphatic rings. The zero-order valence-corrected chi connectivity index (χ0v) is 28.1. The first-order chi connectivity index (χ1) is 23.3. The van der Waals surface area contributed by atoms with Crippen LogP contribution in [-0.2, 0) is 27.5 Å². The summed E-state index contributed by atoms with van der Waals surface area (Å²) in [6, 6.07) is 13.2. The molecule has 0 saturated carbocycles. The highest BCUT2D eigenvalue weighted by Gasteiger charge is 2.40. The maximum atomic E-state index is 15.6. The molecule has 12 heteroatoms. The topological polar surface area (TPSA) is 116 Å². The Morgan fingerprint density at radius 2 is 1.98 bits per heavy atom. The van der Waals surface area contributed by atoms with Gasteiger partial charge in [-0.25, -0.2) is 23.8 Å². The third-order valence-corrected chi connectivity index (χ3v) is 11.2. The van der Waals surface area contributed by atoms with Gasteiger partial charge in [-0.15, -0.1) is 0 Å². The van der Waals surface area contributed by atoms with Crippen LogP contribution < -0.4 is 4.74 Å². The molecule has 0 fully saturated rings. The van der Waals surface area contributed by atoms with Crippen LogP contribution in [0, 0.1) is 23.6 Å². The second-order valence-electron chi connectivity index (χ2n) is 13.5. The zero-order chi connectivity index (χ0) is 34.9. The Morgan fingerprint density at radius 3 is 2.76 bits per heavy atom. The van der Waals surface area contributed by atoms with Gasteiger partial charge in [-0.05, 0) is 67.0 Å². The van der Waals surface area contributed by atoms with Gasteiger partial charge in [0, 0.05) is 52.2 Å². The standard InChI is InChI=1S/C37H36F2N4O5S/c1-37(2)15-5-8-33(24-7-4-6-23(18-24)9-12-34(44)45)43-21-32(40-3)35(42-43)28-19-25(10-11-29(28)38)48-36-27(14-17-49(46,47)22-37)26-13-16-41-31(26)20-30(36)39/h4,6-7,10-11,13,16,18-21,32-33,41H,5,8-9,12,14-15,17,22H2,1-2H3/p+1. The molecule has 254 valence electrons. The summed E-state index contributed by atoms with van der Waals surface area (Å²) in [6.07, 6.45) is 5.31. The number of hydrazone groups is 1. The minimum absolute atomic E-state index is 0.00459. The minimum Gasteiger partial charge on any atom is -0.481 e. The third kappa shape index (κ3) is 7.57. The molecule has 3 aromatic carbocycles. The summed E-state index contributed by atoms with van der Waals surface area (Å²) < 4.78 is 66.0. The van der Waals surface area contributed by atoms with Gasteiger partial charge in [0.2, 0.25) is 11.8 Å². The van der Waals surface area contributed by atoms with E-state index in [9.17, 15) is 18.3 Å². The van der Waals surface area contributed by atoms with Gasteiger partial charge >= 0.3 is 12.0 Å². The molecule has 2 aliphatic heterocycles. The Bertz CT molecular complexity index is 2150. The minimum atomic E-state index is -3.60. The predicted octanol–water partition coefficient (Wildman–Crippen LogP) is 7.25. The number of hydrogen-bond acceptors (Lipinski definition) is 5. The second-order valence-corrected chi connectivity index (χ2v) is 15.7. The number of aryl methyl sites for hydroxylation is 2. The summed E-state index contributed by atoms with van der Waals surface area (Å²) in [5.74, 6) is -2.58. The first-order valence-corrected chi connectivity index (χ1v) is 18.0. The Morgan fingerprint density at radius 1 is 1.16 bits per heavy atom. The van der Waals surface area contributed by atoms with E-state index in [4.69, 9.17) is 16.4 Å². The maximum absolute atomic E-state index is 15.6. The Labute approximate surface area is 283 Å². The molecule has 9 nitrogen and oxygen atoms in total. The van der Waals surface area contributed by atoms with Gasteiger partial charge in [0.15, 0.2) is 21.4 Å². The summed E-state index contributed by atoms with van der Waals surface area (Å²) in [5, 5.41) is 14.6. The number of aliphatic carboxylic acids is 1. The van der Waals surface area contributed by atoms with Gasteiger partial charge < -0.3 is 14.8 Å². The number of nitrogens with zero attached hydrogens (tertiary/aromatic N) is 3. The summed E-state index contributed by atoms with van der Waals surface area (Å²) in [4.78, 5) is 18.0. The molecule has 4 aromatic rings. The number of hydrogen-bond donors (Lipinski definition) is 2. The number of carbonyl (C=O) groups is 1. The molecule has 0 aliphatic carbocycles. The number of aromatic amines is 1. The fourth-order valence-electron chi connectivity index (χ4n) is 6.81. The number of fused-ring (bicyclic) bond motifs is 7. The molecule has 49 heavy (non-hydrogen) atoms. The van der Waals surface area contributed by atoms with Crippen molar-refractivity contribution >= 4 is 38.6 Å². The first kappa shape index (κ1) is 34.0. The van der Waals surface area contributed by atoms with Crippen LogP contribution in [0.4, 0.5) is 8.78 Å². The van der Waals surface area contributed by atoms with Gasteiger partial charge in [0.1, 0.15) is 11.6 Å². The highest BCUT2D eigenvalue weighted by Crippen LogP contribution is 2.37. The van der Waals surface area contributed by atoms with Crippen LogP contribution >= 0.6 is 0 Å². The lowest BCUT2D eigenvalue weighted by Gasteiger charge is -2.25. The molecule has 0 spiro atoms. The number of nitrogens with one attached hydrogen (secondary N) is 1. The monoisotopic (exact) mass is 687 g/mol. The van der Waals surface area contributed by atoms with Gasteiger partial charge in [-0.1, -0.05) is 36.7 Å². The van der Waals surface area contributed by atoms with Gasteiger partial charge in [-0.3, -0.25) is 9.64 Å². The molecular weight excluding hydrogens is 650 g/mol. The molecule has 2 unspecified atom stereocenters. The SMILES string of the molecule is [C-]#[N+]C1C=[N+]2N=C1c1cc(ccc1F)Oc1c(F)cc3[nH]ccc3c1CCS(=O)(=O)CC(C)(C)CCCC2c1cccc(CCC(=O)O)c1. The number of rotatable bonds is 4. The molecule has 6 rings (SSSR count). The smallest absolute Gasteiger partial charge is 0.348 e. The van der Waals surface area contributed by atoms with Gasteiger partial charge in [-0.2, -0.15) is 0 Å². The average Bonchev–Trinajstić information content (AvgIpc) is 3.69. The van der Waals surface area contributed by atoms with Crippen molar-refractivity contribution in [3.05, 3.63) is 106 Å². The first-order valence-electron chi connectivity index (χ1n) is 16.2. The van der Waals surface area contributed by atoms with Crippen molar-refractivity contribution in [3.63, 3.8) is 0 Å². The number of carboxylic acid groups (broad SMARTS) is 1. The van der Waals surface area contributed by atoms with Crippen molar-refractivity contribution in [2.75, 3.05) is 11.5 Å². The number of sulfone groups is 1. The average molecular weight is 688 g/mol. The molecule has 0 radical (unpaired) electrons. The highest BCUT2D eigenvalue weighted by atomic mass is 32.2. The van der Waals surface area contributed by atoms with Crippen LogP contribution in [0.2, 0.25) is 0 Å². The normalized spacial score (nSPS) is 20.6. The summed E-state index contributed by atoms with van der Waals surface area (Å²) in [6.45, 7) is 11.8. The van der Waals surface area contributed by atoms with E-state index in [1.807, 2.05) is 38.1 Å². The van der Waals surface area contributed by atoms with E-state index in [-0.39, 0.29) is 47.1 Å². The predicted molar refractivity (Wildman–Crippen MR) is 183 cm³/mol. The molecule has 2 N–H and O–H groups in total. The number of benzene rings is 3. The van der Waals surface area contributed by atoms with Crippen LogP contribution in [-0.4, -0.2) is 58.6 Å². The Hall–Kier alpha value is -4.89. The van der Waals surface area contributed by atoms with Gasteiger partial charge in [0.05, 0.1) is 17.1 Å². The number of halogens is 2. The van der Waals surface area contributed by atoms with Crippen LogP contribution in [0.3, 0.4) is 0 Å². The van der Waals surface area contributed by atoms with Crippen molar-refractivity contribution < 1.29 is 36.5 Å². The largest absolute Gasteiger partial charge is 0.481 e. The number of ether oxygens (including phenoxy) is 1. The van der Waals surface area contributed by atoms with E-state index in [0.717, 1.165) is 11.1 Å². The highest BCUT2D eigenvalue weighted by molar-refractivity contribution is 7.91. The molecule has 1 aromatic heterocycles. The molecule has 4 bridgehead atoms. The zero-order valence-electron chi connectivity index (χ0n) is 27.2. The van der Waals surface area contributed by atoms with Crippen molar-refractivity contribution in [1.82, 2.24) is 4.98 Å². The summed E-state index contributed by atoms with van der Waals surface area (Å²) in [7, 11) is -3.60. The Kier molecular flexibility index (Phi) is 9.40. The van der Waals surface area contributed by atoms with E-state index in [1.54, 1.807) is 23.2 Å². The van der Waals surface area contributed by atoms with E-state index in [0.29, 0.717) is 42.1 Å². The van der Waals surface area contributed by atoms with Crippen molar-refractivity contribution in [2.24, 2.45) is 10.5 Å². The summed E-state index contributed by atoms with van der Waals surface area (Å²) in [5.41, 5.74) is 2.17. The molecule has 3 heterocycles. The maximum Gasteiger partial charge on any atom is 0.348 e. The molecular formula is C37H37F2N4O5S+. The lowest BCUT2D eigenvalue weighted by atomic mass is 9.87. The van der Waals surface area contributed by atoms with E-state index < -0.39 is 44.9 Å². The quantitative estimate of drug-likeness (QED) is 0.173. The van der Waals surface area contributed by atoms with Crippen LogP contribution in [0.1, 0.15) is 67.8 Å². The third-order valence-electron chi connectivity index (χ3n) is 9.12. The fraction of sp³-hybridized carbons (Fsp3) is 0.351. The van der Waals surface area contributed by atoms with Crippen LogP contribution in [0.15, 0.2) is 65.9 Å². The van der Waals surface area contributed by atoms with Crippen LogP contribution in [0.5, 0.6) is 11.5 Å². The van der Waals surface area contributed by atoms with E-state index >= 15 is 8.78 Å².